The summed E-state index contributed by atoms with van der Waals surface area (Å²) in [4.78, 5) is -0.206. The van der Waals surface area contributed by atoms with Crippen LogP contribution in [0.25, 0.3) is 0 Å². The summed E-state index contributed by atoms with van der Waals surface area (Å²) < 4.78 is 62.4. The van der Waals surface area contributed by atoms with Gasteiger partial charge in [0, 0.05) is 0 Å². The second-order valence-electron chi connectivity index (χ2n) is 5.95. The van der Waals surface area contributed by atoms with Crippen LogP contribution in [-0.2, 0) is 20.2 Å². The third-order valence-electron chi connectivity index (χ3n) is 3.90. The summed E-state index contributed by atoms with van der Waals surface area (Å²) in [5, 5.41) is 13.9. The first-order chi connectivity index (χ1) is 13.5. The van der Waals surface area contributed by atoms with Crippen LogP contribution in [0, 0.1) is 0 Å². The highest BCUT2D eigenvalue weighted by atomic mass is 32.2. The van der Waals surface area contributed by atoms with E-state index in [0.29, 0.717) is 22.1 Å². The zero-order chi connectivity index (χ0) is 21.4. The Morgan fingerprint density at radius 3 is 1.90 bits per heavy atom. The molecule has 0 radical (unpaired) electrons. The molecular formula is C16H14N4O6S3. The molecule has 0 bridgehead atoms. The van der Waals surface area contributed by atoms with Gasteiger partial charge in [0.15, 0.2) is 6.04 Å². The fourth-order valence-electron chi connectivity index (χ4n) is 2.44. The van der Waals surface area contributed by atoms with Crippen LogP contribution >= 0.6 is 12.2 Å². The average molecular weight is 455 g/mol. The van der Waals surface area contributed by atoms with Crippen LogP contribution in [0.4, 0.5) is 11.4 Å². The third kappa shape index (κ3) is 4.71. The van der Waals surface area contributed by atoms with Crippen molar-refractivity contribution in [1.29, 1.82) is 0 Å². The van der Waals surface area contributed by atoms with Gasteiger partial charge in [-0.1, -0.05) is 12.2 Å². The predicted octanol–water partition coefficient (Wildman–Crippen LogP) is 2.86. The van der Waals surface area contributed by atoms with E-state index >= 15 is 0 Å². The Labute approximate surface area is 172 Å². The van der Waals surface area contributed by atoms with Crippen LogP contribution in [0.5, 0.6) is 0 Å². The number of thiocarbonyl (C=S) groups is 1. The molecule has 0 fully saturated rings. The SMILES string of the molecule is CC1=NN(c2ccc(S(=O)(=O)O)cc2)C(=S)C1N=Nc1ccc(S(=O)(=O)O)cc1. The number of nitrogens with zero attached hydrogens (tertiary/aromatic N) is 4. The van der Waals surface area contributed by atoms with E-state index in [9.17, 15) is 16.8 Å². The standard InChI is InChI=1S/C16H14N4O6S3/c1-10-15(18-17-11-2-6-13(7-3-11)28(21,22)23)16(27)20(19-10)12-4-8-14(9-5-12)29(24,25)26/h2-9,15H,1H3,(H,21,22,23)(H,24,25,26). The molecule has 3 rings (SSSR count). The summed E-state index contributed by atoms with van der Waals surface area (Å²) in [6.45, 7) is 1.70. The van der Waals surface area contributed by atoms with Crippen molar-refractivity contribution in [1.82, 2.24) is 0 Å². The first-order valence-electron chi connectivity index (χ1n) is 7.92. The lowest BCUT2D eigenvalue weighted by molar-refractivity contribution is 0.481. The fraction of sp³-hybridized carbons (Fsp3) is 0.125. The minimum Gasteiger partial charge on any atom is -0.282 e. The Morgan fingerprint density at radius 1 is 0.931 bits per heavy atom. The van der Waals surface area contributed by atoms with Gasteiger partial charge in [0.25, 0.3) is 20.2 Å². The van der Waals surface area contributed by atoms with Gasteiger partial charge >= 0.3 is 0 Å². The molecule has 1 aliphatic rings. The lowest BCUT2D eigenvalue weighted by Gasteiger charge is -2.15. The molecule has 1 atom stereocenters. The lowest BCUT2D eigenvalue weighted by Crippen LogP contribution is -2.27. The minimum absolute atomic E-state index is 0.253. The molecule has 1 aliphatic heterocycles. The van der Waals surface area contributed by atoms with Crippen LogP contribution in [0.15, 0.2) is 73.7 Å². The summed E-state index contributed by atoms with van der Waals surface area (Å²) in [5.41, 5.74) is 1.38. The Hall–Kier alpha value is -2.58. The van der Waals surface area contributed by atoms with Crippen LogP contribution < -0.4 is 5.01 Å². The highest BCUT2D eigenvalue weighted by Crippen LogP contribution is 2.26. The molecule has 29 heavy (non-hydrogen) atoms. The van der Waals surface area contributed by atoms with E-state index in [1.165, 1.54) is 53.5 Å². The van der Waals surface area contributed by atoms with Gasteiger partial charge < -0.3 is 0 Å². The van der Waals surface area contributed by atoms with E-state index in [1.807, 2.05) is 0 Å². The van der Waals surface area contributed by atoms with Crippen molar-refractivity contribution < 1.29 is 25.9 Å². The van der Waals surface area contributed by atoms with Crippen molar-refractivity contribution in [2.75, 3.05) is 5.01 Å². The first-order valence-corrected chi connectivity index (χ1v) is 11.2. The van der Waals surface area contributed by atoms with Gasteiger partial charge in [-0.05, 0) is 55.5 Å². The molecule has 1 unspecified atom stereocenters. The van der Waals surface area contributed by atoms with Gasteiger partial charge in [0.2, 0.25) is 0 Å². The van der Waals surface area contributed by atoms with Gasteiger partial charge in [-0.15, -0.1) is 0 Å². The maximum absolute atomic E-state index is 11.1. The molecule has 0 aromatic heterocycles. The summed E-state index contributed by atoms with van der Waals surface area (Å²) in [7, 11) is -8.59. The average Bonchev–Trinajstić information content (AvgIpc) is 2.93. The summed E-state index contributed by atoms with van der Waals surface area (Å²) in [5.74, 6) is 0. The molecule has 0 saturated carbocycles. The monoisotopic (exact) mass is 454 g/mol. The van der Waals surface area contributed by atoms with Crippen molar-refractivity contribution in [2.45, 2.75) is 22.8 Å². The number of rotatable bonds is 5. The van der Waals surface area contributed by atoms with Gasteiger partial charge in [0.1, 0.15) is 4.99 Å². The Morgan fingerprint density at radius 2 is 1.41 bits per heavy atom. The van der Waals surface area contributed by atoms with E-state index in [2.05, 4.69) is 15.3 Å². The molecule has 10 nitrogen and oxygen atoms in total. The lowest BCUT2D eigenvalue weighted by atomic mass is 10.2. The molecule has 1 heterocycles. The topological polar surface area (TPSA) is 149 Å². The molecule has 0 amide bonds. The van der Waals surface area contributed by atoms with Crippen LogP contribution in [0.3, 0.4) is 0 Å². The maximum Gasteiger partial charge on any atom is 0.294 e. The van der Waals surface area contributed by atoms with E-state index in [4.69, 9.17) is 21.3 Å². The Balaban J connectivity index is 1.78. The first kappa shape index (κ1) is 21.1. The molecule has 152 valence electrons. The highest BCUT2D eigenvalue weighted by molar-refractivity contribution is 7.86. The van der Waals surface area contributed by atoms with Crippen molar-refractivity contribution in [3.05, 3.63) is 48.5 Å². The minimum atomic E-state index is -4.30. The number of anilines is 1. The zero-order valence-corrected chi connectivity index (χ0v) is 17.2. The second-order valence-corrected chi connectivity index (χ2v) is 9.21. The summed E-state index contributed by atoms with van der Waals surface area (Å²) in [6.07, 6.45) is 0. The quantitative estimate of drug-likeness (QED) is 0.398. The van der Waals surface area contributed by atoms with Gasteiger partial charge in [-0.3, -0.25) is 9.11 Å². The van der Waals surface area contributed by atoms with Crippen LogP contribution in [0.1, 0.15) is 6.92 Å². The second kappa shape index (κ2) is 7.68. The predicted molar refractivity (Wildman–Crippen MR) is 109 cm³/mol. The zero-order valence-electron chi connectivity index (χ0n) is 14.7. The molecule has 0 spiro atoms. The normalized spacial score (nSPS) is 17.8. The van der Waals surface area contributed by atoms with Gasteiger partial charge in [-0.2, -0.15) is 32.2 Å². The number of benzene rings is 2. The highest BCUT2D eigenvalue weighted by Gasteiger charge is 2.31. The molecule has 2 N–H and O–H groups in total. The Bertz CT molecular complexity index is 1220. The largest absolute Gasteiger partial charge is 0.294 e. The van der Waals surface area contributed by atoms with Crippen LogP contribution in [-0.4, -0.2) is 42.7 Å². The summed E-state index contributed by atoms with van der Waals surface area (Å²) >= 11 is 5.39. The molecule has 13 heteroatoms. The van der Waals surface area contributed by atoms with Crippen molar-refractivity contribution in [2.24, 2.45) is 15.3 Å². The van der Waals surface area contributed by atoms with Gasteiger partial charge in [0.05, 0.1) is 26.9 Å². The molecule has 2 aromatic carbocycles. The molecule has 2 aromatic rings. The van der Waals surface area contributed by atoms with E-state index in [1.54, 1.807) is 6.92 Å². The van der Waals surface area contributed by atoms with E-state index in [-0.39, 0.29) is 9.79 Å². The third-order valence-corrected chi connectivity index (χ3v) is 6.03. The van der Waals surface area contributed by atoms with Crippen molar-refractivity contribution >= 4 is 54.5 Å². The Kier molecular flexibility index (Phi) is 5.60. The molecule has 0 aliphatic carbocycles. The summed E-state index contributed by atoms with van der Waals surface area (Å²) in [6, 6.07) is 9.84. The number of hydrogen-bond donors (Lipinski definition) is 2. The van der Waals surface area contributed by atoms with E-state index < -0.39 is 26.3 Å². The maximum atomic E-state index is 11.1. The smallest absolute Gasteiger partial charge is 0.282 e. The van der Waals surface area contributed by atoms with Gasteiger partial charge in [-0.25, -0.2) is 5.01 Å². The fourth-order valence-corrected chi connectivity index (χ4v) is 3.77. The molecule has 0 saturated heterocycles. The van der Waals surface area contributed by atoms with Crippen LogP contribution in [0.2, 0.25) is 0 Å². The van der Waals surface area contributed by atoms with Crippen molar-refractivity contribution in [3.63, 3.8) is 0 Å². The number of hydrogen-bond acceptors (Lipinski definition) is 8. The molecular weight excluding hydrogens is 440 g/mol. The number of azo groups is 1. The van der Waals surface area contributed by atoms with Crippen molar-refractivity contribution in [3.8, 4) is 0 Å². The van der Waals surface area contributed by atoms with E-state index in [0.717, 1.165) is 0 Å². The number of hydrazone groups is 1.